The minimum Gasteiger partial charge on any atom is -0.394 e. The number of anilines is 1. The smallest absolute Gasteiger partial charge is 0.192 e. The van der Waals surface area contributed by atoms with Crippen molar-refractivity contribution in [2.75, 3.05) is 11.9 Å². The minimum atomic E-state index is -0.879. The van der Waals surface area contributed by atoms with E-state index in [0.29, 0.717) is 22.1 Å². The molecule has 0 unspecified atom stereocenters. The van der Waals surface area contributed by atoms with Crippen LogP contribution in [0, 0.1) is 11.6 Å². The number of hydrogen-bond acceptors (Lipinski definition) is 6. The van der Waals surface area contributed by atoms with Crippen molar-refractivity contribution in [3.05, 3.63) is 41.7 Å². The van der Waals surface area contributed by atoms with E-state index in [1.54, 1.807) is 6.92 Å². The van der Waals surface area contributed by atoms with Crippen molar-refractivity contribution in [3.8, 4) is 0 Å². The van der Waals surface area contributed by atoms with Gasteiger partial charge in [-0.1, -0.05) is 23.9 Å². The highest BCUT2D eigenvalue weighted by Crippen LogP contribution is 2.26. The molecule has 0 aliphatic carbocycles. The van der Waals surface area contributed by atoms with Gasteiger partial charge in [0.2, 0.25) is 0 Å². The lowest BCUT2D eigenvalue weighted by Crippen LogP contribution is -2.20. The molecule has 9 heteroatoms. The Balaban J connectivity index is 1.85. The summed E-state index contributed by atoms with van der Waals surface area (Å²) in [5.74, 6) is -1.05. The maximum Gasteiger partial charge on any atom is 0.192 e. The van der Waals surface area contributed by atoms with Crippen LogP contribution in [0.2, 0.25) is 0 Å². The van der Waals surface area contributed by atoms with Crippen LogP contribution in [-0.4, -0.2) is 37.7 Å². The summed E-state index contributed by atoms with van der Waals surface area (Å²) < 4.78 is 27.0. The van der Waals surface area contributed by atoms with Crippen molar-refractivity contribution >= 4 is 28.7 Å². The molecule has 2 aromatic heterocycles. The second-order valence-corrected chi connectivity index (χ2v) is 6.13. The molecule has 0 aliphatic rings. The summed E-state index contributed by atoms with van der Waals surface area (Å²) in [5.41, 5.74) is 1.32. The lowest BCUT2D eigenvalue weighted by Gasteiger charge is -2.12. The van der Waals surface area contributed by atoms with Crippen LogP contribution in [0.15, 0.2) is 29.7 Å². The zero-order valence-corrected chi connectivity index (χ0v) is 13.6. The number of aliphatic hydroxyl groups is 1. The predicted octanol–water partition coefficient (Wildman–Crippen LogP) is 2.72. The van der Waals surface area contributed by atoms with Gasteiger partial charge in [-0.25, -0.2) is 23.7 Å². The van der Waals surface area contributed by atoms with Crippen LogP contribution in [-0.2, 0) is 5.75 Å². The second-order valence-electron chi connectivity index (χ2n) is 5.19. The molecular formula is C15H15F2N5OS. The van der Waals surface area contributed by atoms with Crippen molar-refractivity contribution in [2.45, 2.75) is 23.9 Å². The Bertz CT molecular complexity index is 857. The summed E-state index contributed by atoms with van der Waals surface area (Å²) in [7, 11) is 0. The number of aromatic amines is 1. The fraction of sp³-hybridized carbons (Fsp3) is 0.267. The van der Waals surface area contributed by atoms with Gasteiger partial charge in [0.05, 0.1) is 12.9 Å². The Morgan fingerprint density at radius 2 is 2.17 bits per heavy atom. The van der Waals surface area contributed by atoms with Crippen molar-refractivity contribution in [1.29, 1.82) is 0 Å². The molecule has 0 amide bonds. The first-order valence-electron chi connectivity index (χ1n) is 7.22. The van der Waals surface area contributed by atoms with Crippen molar-refractivity contribution in [2.24, 2.45) is 0 Å². The fourth-order valence-corrected chi connectivity index (χ4v) is 2.88. The third kappa shape index (κ3) is 3.46. The van der Waals surface area contributed by atoms with Crippen LogP contribution in [0.3, 0.4) is 0 Å². The average Bonchev–Trinajstić information content (AvgIpc) is 3.05. The number of aromatic nitrogens is 4. The molecule has 0 fully saturated rings. The van der Waals surface area contributed by atoms with Gasteiger partial charge in [0.25, 0.3) is 0 Å². The van der Waals surface area contributed by atoms with Gasteiger partial charge < -0.3 is 15.4 Å². The summed E-state index contributed by atoms with van der Waals surface area (Å²) in [6.07, 6.45) is 1.49. The molecule has 3 aromatic rings. The second kappa shape index (κ2) is 7.10. The first-order valence-corrected chi connectivity index (χ1v) is 8.21. The molecule has 0 radical (unpaired) electrons. The Morgan fingerprint density at radius 3 is 2.96 bits per heavy atom. The SMILES string of the molecule is C[C@H](CO)Nc1nc(SCc2cccc(F)c2F)nc2nc[nH]c12. The average molecular weight is 351 g/mol. The maximum atomic E-state index is 13.7. The standard InChI is InChI=1S/C15H15F2N5OS/c1-8(5-23)20-14-12-13(19-7-18-12)21-15(22-14)24-6-9-3-2-4-10(16)11(9)17/h2-4,7-8,23H,5-6H2,1H3,(H2,18,19,20,21,22)/t8-/m1/s1. The number of benzene rings is 1. The molecule has 2 heterocycles. The summed E-state index contributed by atoms with van der Waals surface area (Å²) in [4.78, 5) is 15.7. The highest BCUT2D eigenvalue weighted by molar-refractivity contribution is 7.98. The molecule has 0 bridgehead atoms. The molecule has 0 saturated carbocycles. The van der Waals surface area contributed by atoms with Gasteiger partial charge in [-0.15, -0.1) is 0 Å². The van der Waals surface area contributed by atoms with Crippen molar-refractivity contribution < 1.29 is 13.9 Å². The number of nitrogens with zero attached hydrogens (tertiary/aromatic N) is 3. The van der Waals surface area contributed by atoms with Crippen LogP contribution in [0.1, 0.15) is 12.5 Å². The van der Waals surface area contributed by atoms with E-state index in [0.717, 1.165) is 6.07 Å². The zero-order valence-electron chi connectivity index (χ0n) is 12.8. The van der Waals surface area contributed by atoms with Crippen LogP contribution >= 0.6 is 11.8 Å². The Morgan fingerprint density at radius 1 is 1.33 bits per heavy atom. The lowest BCUT2D eigenvalue weighted by molar-refractivity contribution is 0.281. The molecule has 3 rings (SSSR count). The third-order valence-electron chi connectivity index (χ3n) is 3.31. The third-order valence-corrected chi connectivity index (χ3v) is 4.21. The van der Waals surface area contributed by atoms with Gasteiger partial charge in [0.15, 0.2) is 28.3 Å². The van der Waals surface area contributed by atoms with Crippen LogP contribution in [0.4, 0.5) is 14.6 Å². The van der Waals surface area contributed by atoms with Gasteiger partial charge in [-0.05, 0) is 13.0 Å². The molecule has 0 aliphatic heterocycles. The number of thioether (sulfide) groups is 1. The highest BCUT2D eigenvalue weighted by Gasteiger charge is 2.14. The van der Waals surface area contributed by atoms with E-state index in [4.69, 9.17) is 0 Å². The minimum absolute atomic E-state index is 0.0589. The zero-order chi connectivity index (χ0) is 17.1. The van der Waals surface area contributed by atoms with Crippen LogP contribution in [0.5, 0.6) is 0 Å². The van der Waals surface area contributed by atoms with Gasteiger partial charge in [-0.2, -0.15) is 0 Å². The quantitative estimate of drug-likeness (QED) is 0.468. The summed E-state index contributed by atoms with van der Waals surface area (Å²) in [6.45, 7) is 1.75. The Kier molecular flexibility index (Phi) is 4.91. The molecule has 0 saturated heterocycles. The number of H-pyrrole nitrogens is 1. The fourth-order valence-electron chi connectivity index (χ4n) is 2.06. The number of fused-ring (bicyclic) bond motifs is 1. The monoisotopic (exact) mass is 351 g/mol. The molecular weight excluding hydrogens is 336 g/mol. The van der Waals surface area contributed by atoms with E-state index >= 15 is 0 Å². The summed E-state index contributed by atoms with van der Waals surface area (Å²) in [6, 6.07) is 3.85. The van der Waals surface area contributed by atoms with E-state index in [1.165, 1.54) is 30.2 Å². The number of imidazole rings is 1. The van der Waals surface area contributed by atoms with Gasteiger partial charge in [-0.3, -0.25) is 0 Å². The van der Waals surface area contributed by atoms with E-state index in [2.05, 4.69) is 25.3 Å². The first-order chi connectivity index (χ1) is 11.6. The molecule has 1 atom stereocenters. The molecule has 3 N–H and O–H groups in total. The lowest BCUT2D eigenvalue weighted by atomic mass is 10.2. The Labute approximate surface area is 140 Å². The Hall–Kier alpha value is -2.26. The maximum absolute atomic E-state index is 13.7. The largest absolute Gasteiger partial charge is 0.394 e. The van der Waals surface area contributed by atoms with E-state index in [9.17, 15) is 13.9 Å². The molecule has 126 valence electrons. The number of aliphatic hydroxyl groups excluding tert-OH is 1. The number of nitrogens with one attached hydrogen (secondary N) is 2. The van der Waals surface area contributed by atoms with Crippen molar-refractivity contribution in [3.63, 3.8) is 0 Å². The molecule has 1 aromatic carbocycles. The molecule has 6 nitrogen and oxygen atoms in total. The highest BCUT2D eigenvalue weighted by atomic mass is 32.2. The molecule has 0 spiro atoms. The predicted molar refractivity (Wildman–Crippen MR) is 87.8 cm³/mol. The normalized spacial score (nSPS) is 12.5. The van der Waals surface area contributed by atoms with Gasteiger partial charge >= 0.3 is 0 Å². The van der Waals surface area contributed by atoms with Gasteiger partial charge in [0, 0.05) is 17.4 Å². The van der Waals surface area contributed by atoms with Crippen LogP contribution in [0.25, 0.3) is 11.2 Å². The summed E-state index contributed by atoms with van der Waals surface area (Å²) >= 11 is 1.18. The topological polar surface area (TPSA) is 86.7 Å². The number of hydrogen-bond donors (Lipinski definition) is 3. The van der Waals surface area contributed by atoms with E-state index in [-0.39, 0.29) is 24.0 Å². The van der Waals surface area contributed by atoms with E-state index < -0.39 is 11.6 Å². The van der Waals surface area contributed by atoms with Gasteiger partial charge in [0.1, 0.15) is 5.52 Å². The van der Waals surface area contributed by atoms with Crippen molar-refractivity contribution in [1.82, 2.24) is 19.9 Å². The summed E-state index contributed by atoms with van der Waals surface area (Å²) in [5, 5.41) is 12.6. The number of halogens is 2. The number of rotatable bonds is 6. The van der Waals surface area contributed by atoms with E-state index in [1.807, 2.05) is 0 Å². The molecule has 24 heavy (non-hydrogen) atoms. The van der Waals surface area contributed by atoms with Crippen LogP contribution < -0.4 is 5.32 Å². The first kappa shape index (κ1) is 16.6.